The molecule has 0 aliphatic heterocycles. The lowest BCUT2D eigenvalue weighted by molar-refractivity contribution is 1.05. The van der Waals surface area contributed by atoms with Crippen molar-refractivity contribution < 1.29 is 0 Å². The van der Waals surface area contributed by atoms with Crippen molar-refractivity contribution >= 4 is 52.4 Å². The molecule has 21 heavy (non-hydrogen) atoms. The molecule has 0 spiro atoms. The maximum atomic E-state index is 6.04. The van der Waals surface area contributed by atoms with Gasteiger partial charge in [0.05, 0.1) is 11.2 Å². The summed E-state index contributed by atoms with van der Waals surface area (Å²) in [5, 5.41) is 8.65. The standard InChI is InChI=1S/C15H13Cl2N3S/c1-10-4-2-3-5-14(10)19-15(21)20-18-9-11-6-7-12(16)8-13(11)17/h2-9H,1H3,(H2,19,20,21)/b18-9-. The molecule has 0 heterocycles. The molecule has 2 aromatic rings. The summed E-state index contributed by atoms with van der Waals surface area (Å²) in [4.78, 5) is 0. The van der Waals surface area contributed by atoms with Gasteiger partial charge >= 0.3 is 0 Å². The molecule has 0 radical (unpaired) electrons. The number of halogens is 2. The summed E-state index contributed by atoms with van der Waals surface area (Å²) < 4.78 is 0. The average molecular weight is 338 g/mol. The zero-order valence-corrected chi connectivity index (χ0v) is 13.6. The number of hydrazone groups is 1. The van der Waals surface area contributed by atoms with Gasteiger partial charge in [-0.3, -0.25) is 5.43 Å². The number of benzene rings is 2. The fraction of sp³-hybridized carbons (Fsp3) is 0.0667. The predicted octanol–water partition coefficient (Wildman–Crippen LogP) is 4.62. The predicted molar refractivity (Wildman–Crippen MR) is 94.6 cm³/mol. The van der Waals surface area contributed by atoms with E-state index in [2.05, 4.69) is 15.8 Å². The molecule has 3 nitrogen and oxygen atoms in total. The van der Waals surface area contributed by atoms with Gasteiger partial charge in [0.25, 0.3) is 0 Å². The van der Waals surface area contributed by atoms with Crippen LogP contribution < -0.4 is 10.7 Å². The molecular weight excluding hydrogens is 325 g/mol. The maximum Gasteiger partial charge on any atom is 0.191 e. The zero-order chi connectivity index (χ0) is 15.2. The lowest BCUT2D eigenvalue weighted by Crippen LogP contribution is -2.24. The highest BCUT2D eigenvalue weighted by Crippen LogP contribution is 2.19. The van der Waals surface area contributed by atoms with Gasteiger partial charge in [-0.1, -0.05) is 47.5 Å². The summed E-state index contributed by atoms with van der Waals surface area (Å²) in [5.74, 6) is 0. The number of hydrogen-bond donors (Lipinski definition) is 2. The molecule has 0 atom stereocenters. The second kappa shape index (κ2) is 7.41. The van der Waals surface area contributed by atoms with Crippen LogP contribution in [-0.2, 0) is 0 Å². The first kappa shape index (κ1) is 15.8. The van der Waals surface area contributed by atoms with Crippen molar-refractivity contribution in [3.8, 4) is 0 Å². The van der Waals surface area contributed by atoms with Gasteiger partial charge in [-0.05, 0) is 42.9 Å². The van der Waals surface area contributed by atoms with E-state index < -0.39 is 0 Å². The van der Waals surface area contributed by atoms with Crippen LogP contribution in [0.25, 0.3) is 0 Å². The Kier molecular flexibility index (Phi) is 5.56. The minimum atomic E-state index is 0.408. The summed E-state index contributed by atoms with van der Waals surface area (Å²) in [5.41, 5.74) is 5.55. The highest BCUT2D eigenvalue weighted by atomic mass is 35.5. The Morgan fingerprint density at radius 3 is 2.67 bits per heavy atom. The van der Waals surface area contributed by atoms with Gasteiger partial charge in [0.1, 0.15) is 0 Å². The summed E-state index contributed by atoms with van der Waals surface area (Å²) in [6.45, 7) is 2.00. The van der Waals surface area contributed by atoms with Crippen LogP contribution in [0.2, 0.25) is 10.0 Å². The molecule has 0 aliphatic rings. The van der Waals surface area contributed by atoms with Crippen molar-refractivity contribution in [3.63, 3.8) is 0 Å². The SMILES string of the molecule is Cc1ccccc1NC(=S)N/N=C\c1ccc(Cl)cc1Cl. The molecule has 2 rings (SSSR count). The van der Waals surface area contributed by atoms with E-state index in [-0.39, 0.29) is 0 Å². The normalized spacial score (nSPS) is 10.6. The van der Waals surface area contributed by atoms with Gasteiger partial charge < -0.3 is 5.32 Å². The topological polar surface area (TPSA) is 36.4 Å². The van der Waals surface area contributed by atoms with Crippen LogP contribution in [0.5, 0.6) is 0 Å². The van der Waals surface area contributed by atoms with Crippen molar-refractivity contribution in [3.05, 3.63) is 63.6 Å². The molecule has 0 saturated carbocycles. The molecule has 2 N–H and O–H groups in total. The van der Waals surface area contributed by atoms with Crippen LogP contribution in [0.1, 0.15) is 11.1 Å². The Morgan fingerprint density at radius 2 is 1.95 bits per heavy atom. The monoisotopic (exact) mass is 337 g/mol. The molecule has 0 fully saturated rings. The summed E-state index contributed by atoms with van der Waals surface area (Å²) in [6.07, 6.45) is 1.59. The smallest absolute Gasteiger partial charge is 0.191 e. The summed E-state index contributed by atoms with van der Waals surface area (Å²) in [6, 6.07) is 13.1. The number of rotatable bonds is 3. The Hall–Kier alpha value is -1.62. The third kappa shape index (κ3) is 4.70. The average Bonchev–Trinajstić information content (AvgIpc) is 2.44. The quantitative estimate of drug-likeness (QED) is 0.487. The third-order valence-corrected chi connectivity index (χ3v) is 3.48. The fourth-order valence-corrected chi connectivity index (χ4v) is 2.25. The van der Waals surface area contributed by atoms with Gasteiger partial charge in [-0.2, -0.15) is 5.10 Å². The second-order valence-corrected chi connectivity index (χ2v) is 5.56. The molecule has 0 aliphatic carbocycles. The Bertz CT molecular complexity index is 686. The van der Waals surface area contributed by atoms with E-state index in [1.54, 1.807) is 24.4 Å². The number of nitrogens with zero attached hydrogens (tertiary/aromatic N) is 1. The van der Waals surface area contributed by atoms with Crippen molar-refractivity contribution in [2.45, 2.75) is 6.92 Å². The second-order valence-electron chi connectivity index (χ2n) is 4.30. The van der Waals surface area contributed by atoms with Crippen molar-refractivity contribution in [2.24, 2.45) is 5.10 Å². The lowest BCUT2D eigenvalue weighted by Gasteiger charge is -2.09. The van der Waals surface area contributed by atoms with Crippen LogP contribution in [0.3, 0.4) is 0 Å². The molecule has 6 heteroatoms. The molecule has 2 aromatic carbocycles. The Balaban J connectivity index is 1.95. The van der Waals surface area contributed by atoms with E-state index in [1.807, 2.05) is 31.2 Å². The van der Waals surface area contributed by atoms with E-state index in [9.17, 15) is 0 Å². The molecule has 0 amide bonds. The van der Waals surface area contributed by atoms with Gasteiger partial charge in [0, 0.05) is 16.3 Å². The molecule has 108 valence electrons. The minimum Gasteiger partial charge on any atom is -0.331 e. The van der Waals surface area contributed by atoms with E-state index in [4.69, 9.17) is 35.4 Å². The number of hydrogen-bond acceptors (Lipinski definition) is 2. The fourth-order valence-electron chi connectivity index (χ4n) is 1.63. The van der Waals surface area contributed by atoms with Gasteiger partial charge in [-0.15, -0.1) is 0 Å². The zero-order valence-electron chi connectivity index (χ0n) is 11.2. The van der Waals surface area contributed by atoms with Crippen LogP contribution in [0, 0.1) is 6.92 Å². The maximum absolute atomic E-state index is 6.04. The van der Waals surface area contributed by atoms with Gasteiger partial charge in [-0.25, -0.2) is 0 Å². The van der Waals surface area contributed by atoms with Crippen LogP contribution in [0.15, 0.2) is 47.6 Å². The van der Waals surface area contributed by atoms with Crippen LogP contribution in [0.4, 0.5) is 5.69 Å². The molecular formula is C15H13Cl2N3S. The van der Waals surface area contributed by atoms with Gasteiger partial charge in [0.2, 0.25) is 0 Å². The van der Waals surface area contributed by atoms with E-state index in [0.29, 0.717) is 15.2 Å². The van der Waals surface area contributed by atoms with Crippen LogP contribution in [-0.4, -0.2) is 11.3 Å². The van der Waals surface area contributed by atoms with Gasteiger partial charge in [0.15, 0.2) is 5.11 Å². The number of thiocarbonyl (C=S) groups is 1. The first-order valence-corrected chi connectivity index (χ1v) is 7.33. The highest BCUT2D eigenvalue weighted by Gasteiger charge is 2.00. The number of nitrogens with one attached hydrogen (secondary N) is 2. The van der Waals surface area contributed by atoms with Crippen molar-refractivity contribution in [1.29, 1.82) is 0 Å². The molecule has 0 saturated heterocycles. The number of aryl methyl sites for hydroxylation is 1. The van der Waals surface area contributed by atoms with E-state index in [1.165, 1.54) is 0 Å². The van der Waals surface area contributed by atoms with Crippen LogP contribution >= 0.6 is 35.4 Å². The van der Waals surface area contributed by atoms with Crippen molar-refractivity contribution in [1.82, 2.24) is 5.43 Å². The first-order valence-electron chi connectivity index (χ1n) is 6.17. The summed E-state index contributed by atoms with van der Waals surface area (Å²) >= 11 is 17.0. The molecule has 0 aromatic heterocycles. The van der Waals surface area contributed by atoms with Crippen molar-refractivity contribution in [2.75, 3.05) is 5.32 Å². The largest absolute Gasteiger partial charge is 0.331 e. The van der Waals surface area contributed by atoms with E-state index in [0.717, 1.165) is 16.8 Å². The first-order chi connectivity index (χ1) is 10.1. The number of para-hydroxylation sites is 1. The minimum absolute atomic E-state index is 0.408. The Morgan fingerprint density at radius 1 is 1.19 bits per heavy atom. The number of anilines is 1. The highest BCUT2D eigenvalue weighted by molar-refractivity contribution is 7.80. The Labute approximate surface area is 139 Å². The third-order valence-electron chi connectivity index (χ3n) is 2.73. The molecule has 0 bridgehead atoms. The van der Waals surface area contributed by atoms with E-state index >= 15 is 0 Å². The lowest BCUT2D eigenvalue weighted by atomic mass is 10.2. The molecule has 0 unspecified atom stereocenters. The summed E-state index contributed by atoms with van der Waals surface area (Å²) in [7, 11) is 0.